The second kappa shape index (κ2) is 10.0. The zero-order valence-corrected chi connectivity index (χ0v) is 22.2. The summed E-state index contributed by atoms with van der Waals surface area (Å²) in [6.45, 7) is 1.55. The molecule has 2 aliphatic heterocycles. The molecule has 6 atom stereocenters. The number of esters is 3. The van der Waals surface area contributed by atoms with Crippen LogP contribution < -0.4 is 4.74 Å². The summed E-state index contributed by atoms with van der Waals surface area (Å²) in [6.07, 6.45) is -4.34. The Morgan fingerprint density at radius 3 is 2.51 bits per heavy atom. The highest BCUT2D eigenvalue weighted by atomic mass is 16.6. The molecular formula is C27H29NO13. The van der Waals surface area contributed by atoms with Crippen molar-refractivity contribution in [2.75, 3.05) is 13.6 Å². The Balaban J connectivity index is 1.40. The van der Waals surface area contributed by atoms with Gasteiger partial charge in [-0.15, -0.1) is 0 Å². The Hall–Kier alpha value is -4.17. The Bertz CT molecular complexity index is 1370. The summed E-state index contributed by atoms with van der Waals surface area (Å²) in [5.41, 5.74) is -0.751. The first-order valence-corrected chi connectivity index (χ1v) is 13.0. The van der Waals surface area contributed by atoms with E-state index in [1.54, 1.807) is 6.07 Å². The molecule has 0 amide bonds. The lowest BCUT2D eigenvalue weighted by Crippen LogP contribution is -2.74. The second-order valence-electron chi connectivity index (χ2n) is 10.7. The van der Waals surface area contributed by atoms with Crippen molar-refractivity contribution in [3.05, 3.63) is 35.1 Å². The van der Waals surface area contributed by atoms with E-state index in [2.05, 4.69) is 4.90 Å². The molecule has 2 heterocycles. The number of phenols is 1. The molecule has 0 saturated carbocycles. The van der Waals surface area contributed by atoms with Gasteiger partial charge in [-0.1, -0.05) is 6.07 Å². The fourth-order valence-electron chi connectivity index (χ4n) is 6.69. The minimum absolute atomic E-state index is 0.0376. The molecule has 2 bridgehead atoms. The van der Waals surface area contributed by atoms with Crippen molar-refractivity contribution in [1.29, 1.82) is 0 Å². The summed E-state index contributed by atoms with van der Waals surface area (Å²) in [5, 5.41) is 40.8. The van der Waals surface area contributed by atoms with E-state index in [-0.39, 0.29) is 29.7 Å². The number of nitrogens with zero attached hydrogens (tertiary/aromatic N) is 1. The summed E-state index contributed by atoms with van der Waals surface area (Å²) in [4.78, 5) is 61.6. The second-order valence-corrected chi connectivity index (χ2v) is 10.7. The standard InChI is InChI=1S/C27H29NO13/c1-12(29)38-17(25(36)40-16(24(34)35)10-19(31)32)11-20(33)39-15-5-6-27(37)18-9-13-3-4-14(30)22-21(13)26(27,23(15)41-22)7-8-28(18)2/h3-5,16-18,23,30,37H,6-11H2,1-2H3,(H,31,32)(H,34,35)/t16?,17?,18-,23+,26+,27-/m1/s1. The molecule has 14 nitrogen and oxygen atoms in total. The number of piperidine rings is 1. The number of aliphatic hydroxyl groups is 1. The molecule has 2 unspecified atom stereocenters. The van der Waals surface area contributed by atoms with Crippen molar-refractivity contribution in [3.63, 3.8) is 0 Å². The average Bonchev–Trinajstić information content (AvgIpc) is 3.24. The number of hydrogen-bond acceptors (Lipinski definition) is 12. The van der Waals surface area contributed by atoms with Gasteiger partial charge >= 0.3 is 29.8 Å². The number of rotatable bonds is 9. The predicted molar refractivity (Wildman–Crippen MR) is 133 cm³/mol. The van der Waals surface area contributed by atoms with Gasteiger partial charge in [0.15, 0.2) is 17.6 Å². The number of benzene rings is 1. The minimum atomic E-state index is -2.08. The monoisotopic (exact) mass is 575 g/mol. The van der Waals surface area contributed by atoms with Crippen LogP contribution in [-0.2, 0) is 50.0 Å². The lowest BCUT2D eigenvalue weighted by atomic mass is 9.50. The molecular weight excluding hydrogens is 546 g/mol. The van der Waals surface area contributed by atoms with E-state index < -0.39 is 72.0 Å². The Morgan fingerprint density at radius 2 is 1.85 bits per heavy atom. The van der Waals surface area contributed by atoms with Crippen molar-refractivity contribution in [2.24, 2.45) is 0 Å². The number of carbonyl (C=O) groups excluding carboxylic acids is 3. The van der Waals surface area contributed by atoms with Gasteiger partial charge in [0.1, 0.15) is 5.76 Å². The van der Waals surface area contributed by atoms with Crippen molar-refractivity contribution in [1.82, 2.24) is 4.90 Å². The molecule has 220 valence electrons. The van der Waals surface area contributed by atoms with E-state index in [1.807, 2.05) is 7.05 Å². The van der Waals surface area contributed by atoms with Gasteiger partial charge in [0, 0.05) is 24.9 Å². The van der Waals surface area contributed by atoms with Crippen molar-refractivity contribution < 1.29 is 63.3 Å². The zero-order valence-electron chi connectivity index (χ0n) is 22.2. The van der Waals surface area contributed by atoms with Crippen LogP contribution in [0.25, 0.3) is 0 Å². The van der Waals surface area contributed by atoms with Crippen LogP contribution in [0.5, 0.6) is 11.5 Å². The maximum absolute atomic E-state index is 13.1. The van der Waals surface area contributed by atoms with Gasteiger partial charge in [-0.25, -0.2) is 9.59 Å². The lowest BCUT2D eigenvalue weighted by Gasteiger charge is -2.61. The molecule has 1 fully saturated rings. The molecule has 0 aromatic heterocycles. The number of hydrogen-bond donors (Lipinski definition) is 4. The quantitative estimate of drug-likeness (QED) is 0.226. The van der Waals surface area contributed by atoms with Crippen LogP contribution >= 0.6 is 0 Å². The first kappa shape index (κ1) is 28.4. The van der Waals surface area contributed by atoms with E-state index in [9.17, 15) is 34.2 Å². The Kier molecular flexibility index (Phi) is 6.94. The van der Waals surface area contributed by atoms with Gasteiger partial charge in [-0.2, -0.15) is 0 Å². The van der Waals surface area contributed by atoms with Gasteiger partial charge in [0.2, 0.25) is 12.2 Å². The molecule has 5 rings (SSSR count). The number of carboxylic acids is 2. The van der Waals surface area contributed by atoms with Crippen LogP contribution in [0.15, 0.2) is 24.0 Å². The number of phenolic OH excluding ortho intramolecular Hbond substituents is 1. The zero-order chi connectivity index (χ0) is 29.9. The number of carboxylic acid groups (broad SMARTS) is 2. The van der Waals surface area contributed by atoms with Gasteiger partial charge in [0.25, 0.3) is 0 Å². The maximum Gasteiger partial charge on any atom is 0.348 e. The Labute approximate surface area is 233 Å². The first-order valence-electron chi connectivity index (χ1n) is 13.0. The SMILES string of the molecule is CC(=O)OC(CC(=O)OC1=CC[C@@]2(O)[C@H]3Cc4ccc(O)c5c4[C@@]2(CCN3C)[C@H]1O5)C(=O)OC(CC(=O)O)C(=O)O. The van der Waals surface area contributed by atoms with Crippen molar-refractivity contribution >= 4 is 29.8 Å². The lowest BCUT2D eigenvalue weighted by molar-refractivity contribution is -0.181. The number of carbonyl (C=O) groups is 5. The third-order valence-corrected chi connectivity index (χ3v) is 8.40. The van der Waals surface area contributed by atoms with Gasteiger partial charge in [-0.05, 0) is 44.1 Å². The molecule has 1 aromatic rings. The van der Waals surface area contributed by atoms with Gasteiger partial charge in [0.05, 0.1) is 23.9 Å². The molecule has 1 spiro atoms. The number of likely N-dealkylation sites (tertiary alicyclic amines) is 1. The normalized spacial score (nSPS) is 28.7. The largest absolute Gasteiger partial charge is 0.504 e. The maximum atomic E-state index is 13.1. The summed E-state index contributed by atoms with van der Waals surface area (Å²) in [5.74, 6) is -6.66. The number of aliphatic carboxylic acids is 2. The van der Waals surface area contributed by atoms with Crippen molar-refractivity contribution in [2.45, 2.75) is 74.4 Å². The van der Waals surface area contributed by atoms with E-state index in [0.717, 1.165) is 12.5 Å². The third-order valence-electron chi connectivity index (χ3n) is 8.40. The minimum Gasteiger partial charge on any atom is -0.504 e. The van der Waals surface area contributed by atoms with E-state index in [4.69, 9.17) is 29.2 Å². The van der Waals surface area contributed by atoms with E-state index in [1.165, 1.54) is 12.1 Å². The topological polar surface area (TPSA) is 206 Å². The Morgan fingerprint density at radius 1 is 1.12 bits per heavy atom. The number of aromatic hydroxyl groups is 1. The van der Waals surface area contributed by atoms with Crippen LogP contribution in [-0.4, -0.2) is 98.7 Å². The number of likely N-dealkylation sites (N-methyl/N-ethyl adjacent to an activating group) is 1. The van der Waals surface area contributed by atoms with Crippen LogP contribution in [0.1, 0.15) is 43.7 Å². The van der Waals surface area contributed by atoms with Gasteiger partial charge in [-0.3, -0.25) is 14.4 Å². The molecule has 14 heteroatoms. The van der Waals surface area contributed by atoms with Crippen LogP contribution in [0, 0.1) is 0 Å². The summed E-state index contributed by atoms with van der Waals surface area (Å²) in [6, 6.07) is 3.04. The fraction of sp³-hybridized carbons (Fsp3) is 0.519. The van der Waals surface area contributed by atoms with Crippen LogP contribution in [0.3, 0.4) is 0 Å². The van der Waals surface area contributed by atoms with Crippen molar-refractivity contribution in [3.8, 4) is 11.5 Å². The highest BCUT2D eigenvalue weighted by Crippen LogP contribution is 2.65. The average molecular weight is 576 g/mol. The number of ether oxygens (including phenoxy) is 4. The predicted octanol–water partition coefficient (Wildman–Crippen LogP) is 0.00600. The van der Waals surface area contributed by atoms with Gasteiger partial charge < -0.3 is 44.3 Å². The van der Waals surface area contributed by atoms with E-state index in [0.29, 0.717) is 24.9 Å². The van der Waals surface area contributed by atoms with Crippen LogP contribution in [0.2, 0.25) is 0 Å². The van der Waals surface area contributed by atoms with Crippen LogP contribution in [0.4, 0.5) is 0 Å². The molecule has 4 N–H and O–H groups in total. The van der Waals surface area contributed by atoms with E-state index >= 15 is 0 Å². The summed E-state index contributed by atoms with van der Waals surface area (Å²) < 4.78 is 21.4. The summed E-state index contributed by atoms with van der Waals surface area (Å²) >= 11 is 0. The highest BCUT2D eigenvalue weighted by Gasteiger charge is 2.72. The molecule has 41 heavy (non-hydrogen) atoms. The molecule has 2 aliphatic carbocycles. The first-order chi connectivity index (χ1) is 19.3. The molecule has 1 saturated heterocycles. The summed E-state index contributed by atoms with van der Waals surface area (Å²) in [7, 11) is 1.92. The third kappa shape index (κ3) is 4.47. The molecule has 4 aliphatic rings. The highest BCUT2D eigenvalue weighted by molar-refractivity contribution is 5.87. The fourth-order valence-corrected chi connectivity index (χ4v) is 6.69. The molecule has 0 radical (unpaired) electrons. The smallest absolute Gasteiger partial charge is 0.348 e. The molecule has 1 aromatic carbocycles.